The van der Waals surface area contributed by atoms with Crippen molar-refractivity contribution in [1.29, 1.82) is 0 Å². The number of aromatic nitrogens is 2. The smallest absolute Gasteiger partial charge is 0.240 e. The molecule has 0 aliphatic carbocycles. The van der Waals surface area contributed by atoms with E-state index in [9.17, 15) is 0 Å². The summed E-state index contributed by atoms with van der Waals surface area (Å²) in [6.45, 7) is 0. The van der Waals surface area contributed by atoms with Crippen molar-refractivity contribution in [2.24, 2.45) is 9.98 Å². The molecule has 0 bridgehead atoms. The highest BCUT2D eigenvalue weighted by atomic mass is 79.9. The van der Waals surface area contributed by atoms with Crippen molar-refractivity contribution in [3.8, 4) is 0 Å². The lowest BCUT2D eigenvalue weighted by atomic mass is 9.92. The van der Waals surface area contributed by atoms with Gasteiger partial charge < -0.3 is 0 Å². The number of aliphatic imine (C=N–C) groups is 2. The highest BCUT2D eigenvalue weighted by Gasteiger charge is 2.71. The number of halogens is 2. The van der Waals surface area contributed by atoms with Gasteiger partial charge in [-0.2, -0.15) is 4.57 Å². The highest BCUT2D eigenvalue weighted by Crippen LogP contribution is 2.54. The van der Waals surface area contributed by atoms with E-state index in [1.54, 1.807) is 0 Å². The molecule has 14 rings (SSSR count). The molecule has 8 heteroatoms. The first-order valence-corrected chi connectivity index (χ1v) is 20.0. The Bertz CT molecular complexity index is 3260. The summed E-state index contributed by atoms with van der Waals surface area (Å²) in [7, 11) is 0. The normalized spacial score (nSPS) is 17.1. The molecule has 6 nitrogen and oxygen atoms in total. The zero-order valence-corrected chi connectivity index (χ0v) is 32.0. The summed E-state index contributed by atoms with van der Waals surface area (Å²) in [6, 6.07) is 53.0. The van der Waals surface area contributed by atoms with Gasteiger partial charge in [-0.1, -0.05) is 117 Å². The summed E-state index contributed by atoms with van der Waals surface area (Å²) >= 11 is 7.49. The van der Waals surface area contributed by atoms with Crippen LogP contribution in [0.1, 0.15) is 33.4 Å². The summed E-state index contributed by atoms with van der Waals surface area (Å²) in [5, 5.41) is 6.96. The largest absolute Gasteiger partial charge is 0.441 e. The van der Waals surface area contributed by atoms with Crippen LogP contribution in [-0.2, 0) is 5.91 Å². The number of hydrogen-bond donors (Lipinski definition) is 0. The molecule has 0 amide bonds. The van der Waals surface area contributed by atoms with Crippen LogP contribution in [0.3, 0.4) is 0 Å². The van der Waals surface area contributed by atoms with Gasteiger partial charge in [0.1, 0.15) is 0 Å². The molecule has 0 radical (unpaired) electrons. The minimum absolute atomic E-state index is 0.917. The predicted molar refractivity (Wildman–Crippen MR) is 224 cm³/mol. The average molecular weight is 833 g/mol. The minimum atomic E-state index is -0.984. The van der Waals surface area contributed by atoms with Crippen molar-refractivity contribution in [1.82, 2.24) is 9.13 Å². The number of amidine groups is 2. The standard InChI is InChI=1S/C47H24Br2N6/c48-27-21-17-25(18-22-27)37-39-29-9-1-2-10-30(29)40-38(26-19-23-28(49)24-20-26)42-32-12-4-6-14-34(32)44-51-46-36-16-8-7-15-35(36)45-50-43-33-13-5-3-11-31(33)41(37)53(43)47(52(39)40,54(42)44)55(45)46/h1-24H/q+2. The Kier molecular flexibility index (Phi) is 5.15. The van der Waals surface area contributed by atoms with Gasteiger partial charge in [-0.3, -0.25) is 0 Å². The summed E-state index contributed by atoms with van der Waals surface area (Å²) in [5.41, 5.74) is 11.6. The van der Waals surface area contributed by atoms with Crippen LogP contribution in [-0.4, -0.2) is 41.4 Å². The molecular weight excluding hydrogens is 808 g/mol. The third kappa shape index (κ3) is 3.17. The fourth-order valence-electron chi connectivity index (χ4n) is 10.3. The van der Waals surface area contributed by atoms with Crippen LogP contribution >= 0.6 is 31.9 Å². The van der Waals surface area contributed by atoms with E-state index < -0.39 is 5.91 Å². The molecule has 0 atom stereocenters. The third-order valence-electron chi connectivity index (χ3n) is 12.3. The van der Waals surface area contributed by atoms with E-state index in [4.69, 9.17) is 9.98 Å². The Morgan fingerprint density at radius 3 is 1.24 bits per heavy atom. The maximum absolute atomic E-state index is 5.70. The zero-order valence-electron chi connectivity index (χ0n) is 28.8. The van der Waals surface area contributed by atoms with E-state index in [-0.39, 0.29) is 0 Å². The molecule has 6 aromatic carbocycles. The quantitative estimate of drug-likeness (QED) is 0.157. The molecule has 8 heterocycles. The molecular formula is C47H24Br2N6+2. The van der Waals surface area contributed by atoms with Crippen LogP contribution in [0.4, 0.5) is 11.6 Å². The van der Waals surface area contributed by atoms with Gasteiger partial charge in [-0.15, -0.1) is 9.15 Å². The Morgan fingerprint density at radius 1 is 0.418 bits per heavy atom. The highest BCUT2D eigenvalue weighted by molar-refractivity contribution is 9.10. The van der Waals surface area contributed by atoms with Crippen LogP contribution < -0.4 is 10.7 Å². The maximum atomic E-state index is 5.70. The van der Waals surface area contributed by atoms with Gasteiger partial charge in [-0.05, 0) is 81.8 Å². The van der Waals surface area contributed by atoms with Gasteiger partial charge in [-0.25, -0.2) is 4.57 Å². The van der Waals surface area contributed by atoms with Gasteiger partial charge in [0.05, 0.1) is 43.7 Å². The van der Waals surface area contributed by atoms with Crippen molar-refractivity contribution in [3.05, 3.63) is 199 Å². The number of rotatable bonds is 2. The second kappa shape index (κ2) is 9.71. The van der Waals surface area contributed by atoms with Gasteiger partial charge in [0.2, 0.25) is 0 Å². The van der Waals surface area contributed by atoms with E-state index in [1.807, 2.05) is 0 Å². The topological polar surface area (TPSA) is 40.6 Å². The van der Waals surface area contributed by atoms with Gasteiger partial charge in [0, 0.05) is 30.8 Å². The van der Waals surface area contributed by atoms with Gasteiger partial charge in [0.15, 0.2) is 11.4 Å². The van der Waals surface area contributed by atoms with Crippen LogP contribution in [0.2, 0.25) is 0 Å². The number of benzene rings is 6. The van der Waals surface area contributed by atoms with Crippen LogP contribution in [0.5, 0.6) is 0 Å². The van der Waals surface area contributed by atoms with Crippen LogP contribution in [0.15, 0.2) is 165 Å². The van der Waals surface area contributed by atoms with Gasteiger partial charge >= 0.3 is 17.6 Å². The Hall–Kier alpha value is -6.22. The number of fused-ring (bicyclic) bond motifs is 12. The molecule has 1 spiro atoms. The average Bonchev–Trinajstić information content (AvgIpc) is 3.95. The SMILES string of the molecule is Brc1ccc(C2=c3c4ccccc4c4n3C35n6c(c7ccccc7c6N=C6c7ccccc7C(=[N+]63)C=4c3ccc(Br)cc3)N=C3c4ccccc4C2=[N+]35)cc1. The molecule has 0 saturated carbocycles. The van der Waals surface area contributed by atoms with Crippen LogP contribution in [0.25, 0.3) is 32.7 Å². The fourth-order valence-corrected chi connectivity index (χ4v) is 10.9. The molecule has 0 fully saturated rings. The molecule has 6 aliphatic rings. The fraction of sp³-hybridized carbons (Fsp3) is 0.0213. The lowest BCUT2D eigenvalue weighted by molar-refractivity contribution is -0.788. The first kappa shape index (κ1) is 29.2. The van der Waals surface area contributed by atoms with E-state index in [1.165, 1.54) is 43.7 Å². The summed E-state index contributed by atoms with van der Waals surface area (Å²) in [5.74, 6) is 2.74. The van der Waals surface area contributed by atoms with Crippen molar-refractivity contribution in [2.45, 2.75) is 5.91 Å². The number of hydrogen-bond acceptors (Lipinski definition) is 2. The van der Waals surface area contributed by atoms with Crippen molar-refractivity contribution < 1.29 is 9.15 Å². The Balaban J connectivity index is 1.36. The lowest BCUT2D eigenvalue weighted by Gasteiger charge is -2.41. The molecule has 0 saturated heterocycles. The summed E-state index contributed by atoms with van der Waals surface area (Å²) in [6.07, 6.45) is 0. The first-order chi connectivity index (χ1) is 27.1. The van der Waals surface area contributed by atoms with E-state index >= 15 is 0 Å². The zero-order chi connectivity index (χ0) is 35.9. The maximum Gasteiger partial charge on any atom is 0.441 e. The molecule has 0 unspecified atom stereocenters. The predicted octanol–water partition coefficient (Wildman–Crippen LogP) is 8.48. The van der Waals surface area contributed by atoms with Crippen molar-refractivity contribution in [2.75, 3.05) is 0 Å². The van der Waals surface area contributed by atoms with E-state index in [0.29, 0.717) is 0 Å². The summed E-state index contributed by atoms with van der Waals surface area (Å²) in [4.78, 5) is 11.4. The third-order valence-corrected chi connectivity index (χ3v) is 13.3. The van der Waals surface area contributed by atoms with E-state index in [0.717, 1.165) is 76.7 Å². The van der Waals surface area contributed by atoms with E-state index in [2.05, 4.69) is 196 Å². The molecule has 254 valence electrons. The second-order valence-electron chi connectivity index (χ2n) is 14.8. The second-order valence-corrected chi connectivity index (χ2v) is 16.6. The lowest BCUT2D eigenvalue weighted by Crippen LogP contribution is -2.72. The monoisotopic (exact) mass is 830 g/mol. The van der Waals surface area contributed by atoms with Gasteiger partial charge in [0.25, 0.3) is 11.6 Å². The molecule has 2 aromatic heterocycles. The number of nitrogens with zero attached hydrogens (tertiary/aromatic N) is 6. The summed E-state index contributed by atoms with van der Waals surface area (Å²) < 4.78 is 12.3. The Labute approximate surface area is 330 Å². The van der Waals surface area contributed by atoms with Crippen molar-refractivity contribution in [3.63, 3.8) is 0 Å². The van der Waals surface area contributed by atoms with Crippen LogP contribution in [0, 0.1) is 0 Å². The Morgan fingerprint density at radius 2 is 0.800 bits per heavy atom. The van der Waals surface area contributed by atoms with Crippen molar-refractivity contribution >= 4 is 99.3 Å². The molecule has 55 heavy (non-hydrogen) atoms. The molecule has 8 aromatic rings. The molecule has 6 aliphatic heterocycles. The first-order valence-electron chi connectivity index (χ1n) is 18.4. The molecule has 0 N–H and O–H groups in total. The minimum Gasteiger partial charge on any atom is -0.240 e.